The predicted molar refractivity (Wildman–Crippen MR) is 343 cm³/mol. The highest BCUT2D eigenvalue weighted by atomic mass is 32.2. The number of benzene rings is 6. The first-order valence-corrected chi connectivity index (χ1v) is 37.4. The van der Waals surface area contributed by atoms with E-state index >= 15 is 0 Å². The molecule has 4 aliphatic rings. The molecular weight excluding hydrogens is 1250 g/mol. The number of amides is 4. The van der Waals surface area contributed by atoms with Gasteiger partial charge >= 0.3 is 0 Å². The molecule has 0 unspecified atom stereocenters. The number of piperazine rings is 1. The Balaban J connectivity index is 0.000000204. The van der Waals surface area contributed by atoms with Crippen molar-refractivity contribution < 1.29 is 66.4 Å². The fourth-order valence-corrected chi connectivity index (χ4v) is 14.4. The molecule has 2 saturated carbocycles. The molecule has 10 rings (SSSR count). The van der Waals surface area contributed by atoms with Gasteiger partial charge in [-0.3, -0.25) is 19.2 Å². The van der Waals surface area contributed by atoms with Crippen LogP contribution in [0.25, 0.3) is 22.3 Å². The van der Waals surface area contributed by atoms with Crippen LogP contribution in [0.2, 0.25) is 0 Å². The van der Waals surface area contributed by atoms with Crippen LogP contribution in [0.15, 0.2) is 155 Å². The third-order valence-electron chi connectivity index (χ3n) is 16.9. The molecule has 0 bridgehead atoms. The maximum atomic E-state index is 13.7. The normalized spacial score (nSPS) is 19.2. The summed E-state index contributed by atoms with van der Waals surface area (Å²) in [6.07, 6.45) is 9.83. The van der Waals surface area contributed by atoms with Crippen molar-refractivity contribution in [1.82, 2.24) is 24.7 Å². The second kappa shape index (κ2) is 29.8. The van der Waals surface area contributed by atoms with Crippen molar-refractivity contribution >= 4 is 69.4 Å². The number of likely N-dealkylation sites (tertiary alicyclic amines) is 1. The van der Waals surface area contributed by atoms with E-state index < -0.39 is 68.7 Å². The van der Waals surface area contributed by atoms with Crippen molar-refractivity contribution in [3.8, 4) is 22.3 Å². The molecule has 0 spiro atoms. The molecule has 2 aliphatic heterocycles. The van der Waals surface area contributed by atoms with Gasteiger partial charge in [-0.05, 0) is 157 Å². The maximum absolute atomic E-state index is 13.7. The van der Waals surface area contributed by atoms with Crippen molar-refractivity contribution in [2.45, 2.75) is 96.4 Å². The molecule has 2 saturated heterocycles. The van der Waals surface area contributed by atoms with Crippen molar-refractivity contribution in [1.29, 1.82) is 0 Å². The Bertz CT molecular complexity index is 4020. The van der Waals surface area contributed by atoms with E-state index in [2.05, 4.69) is 10.6 Å². The minimum absolute atomic E-state index is 0.152. The lowest BCUT2D eigenvalue weighted by Gasteiger charge is -2.35. The van der Waals surface area contributed by atoms with E-state index in [1.54, 1.807) is 89.8 Å². The van der Waals surface area contributed by atoms with Gasteiger partial charge in [-0.1, -0.05) is 79.2 Å². The third kappa shape index (κ3) is 19.5. The number of rotatable bonds is 20. The van der Waals surface area contributed by atoms with Crippen molar-refractivity contribution in [3.05, 3.63) is 179 Å². The molecule has 4 N–H and O–H groups in total. The molecule has 2 aliphatic carbocycles. The van der Waals surface area contributed by atoms with Gasteiger partial charge in [0.25, 0.3) is 11.8 Å². The first-order valence-electron chi connectivity index (χ1n) is 29.8. The monoisotopic (exact) mass is 1330 g/mol. The Morgan fingerprint density at radius 1 is 0.527 bits per heavy atom. The third-order valence-corrected chi connectivity index (χ3v) is 22.1. The number of piperidine rings is 1. The van der Waals surface area contributed by atoms with Crippen LogP contribution in [0.3, 0.4) is 0 Å². The largest absolute Gasteiger partial charge is 0.341 e. The molecule has 6 aromatic rings. The zero-order valence-electron chi connectivity index (χ0n) is 51.0. The highest BCUT2D eigenvalue weighted by Gasteiger charge is 2.39. The number of nitrogens with two attached hydrogens (primary N) is 1. The first kappa shape index (κ1) is 69.3. The summed E-state index contributed by atoms with van der Waals surface area (Å²) in [7, 11) is -13.1. The van der Waals surface area contributed by atoms with Crippen LogP contribution < -0.4 is 16.4 Å². The standard InChI is InChI=1S/C34H39FN2O6S2.C23H27N3O7S2.C9H10FN/c1-44(40,41)29-16-12-24(13-17-29)23-6-8-26(9-7-23)33(38)36-32(34(39)37-20-18-30(19-21-37)45(2,42)43)5-3-4-27-22-31(27)25-10-14-28(35)15-11-25;1-34(30,31)20-9-7-18(8-10-20)17-3-5-19(6-4-17)22(28)24-21(11-16-27)23(29)25-12-14-26(15-13-25)35(2,32)33;10-7-3-1-6(2-4-7)8-5-9(8)11/h6-17,27,30-32H,3-5,18-22H2,1-2H3,(H,36,38);3-10,16,21H,11-15H2,1-2H3,(H,24,28);1-4,8-9H,5,11H2/t27-,31+,32+;21-;8-,9+/m100/s1. The topological polar surface area (TPSA) is 282 Å². The summed E-state index contributed by atoms with van der Waals surface area (Å²) < 4.78 is 121. The van der Waals surface area contributed by atoms with Gasteiger partial charge in [0.2, 0.25) is 21.8 Å². The number of halogens is 2. The van der Waals surface area contributed by atoms with Gasteiger partial charge in [-0.15, -0.1) is 0 Å². The number of hydrogen-bond donors (Lipinski definition) is 3. The number of carbonyl (C=O) groups excluding carboxylic acids is 5. The van der Waals surface area contributed by atoms with E-state index in [-0.39, 0.29) is 71.4 Å². The van der Waals surface area contributed by atoms with Crippen LogP contribution in [0.4, 0.5) is 8.78 Å². The van der Waals surface area contributed by atoms with Gasteiger partial charge in [-0.2, -0.15) is 4.31 Å². The summed E-state index contributed by atoms with van der Waals surface area (Å²) in [6.45, 7) is 1.29. The molecule has 25 heteroatoms. The minimum Gasteiger partial charge on any atom is -0.341 e. The molecule has 91 heavy (non-hydrogen) atoms. The lowest BCUT2D eigenvalue weighted by molar-refractivity contribution is -0.135. The Morgan fingerprint density at radius 2 is 0.912 bits per heavy atom. The van der Waals surface area contributed by atoms with Gasteiger partial charge in [0.15, 0.2) is 19.7 Å². The Labute approximate surface area is 531 Å². The van der Waals surface area contributed by atoms with Crippen molar-refractivity contribution in [3.63, 3.8) is 0 Å². The molecule has 0 aromatic heterocycles. The first-order chi connectivity index (χ1) is 43.0. The average molecular weight is 1330 g/mol. The molecule has 486 valence electrons. The summed E-state index contributed by atoms with van der Waals surface area (Å²) in [5, 5.41) is 5.07. The van der Waals surface area contributed by atoms with Crippen LogP contribution in [-0.4, -0.2) is 165 Å². The molecule has 0 radical (unpaired) electrons. The fourth-order valence-electron chi connectivity index (χ4n) is 11.2. The van der Waals surface area contributed by atoms with Gasteiger partial charge < -0.3 is 31.0 Å². The van der Waals surface area contributed by atoms with Gasteiger partial charge in [-0.25, -0.2) is 42.5 Å². The maximum Gasteiger partial charge on any atom is 0.251 e. The van der Waals surface area contributed by atoms with Crippen molar-refractivity contribution in [2.75, 3.05) is 64.3 Å². The second-order valence-corrected chi connectivity index (χ2v) is 32.0. The van der Waals surface area contributed by atoms with Crippen LogP contribution in [-0.2, 0) is 53.9 Å². The number of nitrogens with zero attached hydrogens (tertiary/aromatic N) is 3. The number of nitrogens with one attached hydrogen (secondary N) is 2. The Kier molecular flexibility index (Phi) is 22.7. The van der Waals surface area contributed by atoms with E-state index in [1.807, 2.05) is 24.3 Å². The SMILES string of the molecule is CS(=O)(=O)c1ccc(-c2ccc(C(=O)N[C@@H](CC=O)C(=O)N3CCN(S(C)(=O)=O)CC3)cc2)cc1.CS(=O)(=O)c1ccc(-c2ccc(C(=O)N[C@@H](CCC[C@@H]3C[C@H]3c3ccc(F)cc3)C(=O)N3CCC(S(C)(=O)=O)CC3)cc2)cc1.N[C@@H]1C[C@H]1c1ccc(F)cc1. The lowest BCUT2D eigenvalue weighted by atomic mass is 10.0. The van der Waals surface area contributed by atoms with Crippen LogP contribution in [0, 0.1) is 17.6 Å². The van der Waals surface area contributed by atoms with E-state index in [1.165, 1.54) is 57.4 Å². The summed E-state index contributed by atoms with van der Waals surface area (Å²) in [4.78, 5) is 67.3. The molecule has 4 fully saturated rings. The number of aldehydes is 1. The van der Waals surface area contributed by atoms with Crippen LogP contribution in [0.5, 0.6) is 0 Å². The quantitative estimate of drug-likeness (QED) is 0.0638. The fraction of sp³-hybridized carbons (Fsp3) is 0.379. The Morgan fingerprint density at radius 3 is 1.30 bits per heavy atom. The zero-order chi connectivity index (χ0) is 66.0. The number of sulfonamides is 1. The smallest absolute Gasteiger partial charge is 0.251 e. The van der Waals surface area contributed by atoms with E-state index in [9.17, 15) is 66.4 Å². The molecule has 2 heterocycles. The molecular formula is C66H76F2N6O13S4. The molecule has 19 nitrogen and oxygen atoms in total. The van der Waals surface area contributed by atoms with E-state index in [4.69, 9.17) is 5.73 Å². The summed E-state index contributed by atoms with van der Waals surface area (Å²) in [5.41, 5.74) is 11.8. The summed E-state index contributed by atoms with van der Waals surface area (Å²) >= 11 is 0. The average Bonchev–Trinajstić information content (AvgIpc) is 1.84. The minimum atomic E-state index is -3.35. The van der Waals surface area contributed by atoms with Crippen molar-refractivity contribution in [2.24, 2.45) is 11.7 Å². The zero-order valence-corrected chi connectivity index (χ0v) is 54.3. The van der Waals surface area contributed by atoms with Gasteiger partial charge in [0.05, 0.1) is 21.3 Å². The second-order valence-electron chi connectivity index (χ2n) is 23.7. The van der Waals surface area contributed by atoms with Crippen LogP contribution in [0.1, 0.15) is 95.0 Å². The molecule has 4 amide bonds. The van der Waals surface area contributed by atoms with Crippen LogP contribution >= 0.6 is 0 Å². The summed E-state index contributed by atoms with van der Waals surface area (Å²) in [5.74, 6) is -0.681. The van der Waals surface area contributed by atoms with Gasteiger partial charge in [0.1, 0.15) is 39.8 Å². The highest BCUT2D eigenvalue weighted by molar-refractivity contribution is 7.91. The summed E-state index contributed by atoms with van der Waals surface area (Å²) in [6, 6.07) is 38.0. The molecule has 6 atom stereocenters. The van der Waals surface area contributed by atoms with E-state index in [0.717, 1.165) is 72.3 Å². The van der Waals surface area contributed by atoms with E-state index in [0.29, 0.717) is 68.0 Å². The Hall–Kier alpha value is -7.55. The number of hydrogen-bond acceptors (Lipinski definition) is 14. The highest BCUT2D eigenvalue weighted by Crippen LogP contribution is 2.50. The predicted octanol–water partition coefficient (Wildman–Crippen LogP) is 7.19. The number of sulfone groups is 3. The lowest BCUT2D eigenvalue weighted by Crippen LogP contribution is -2.55. The van der Waals surface area contributed by atoms with Gasteiger partial charge in [0, 0.05) is 87.5 Å². The number of carbonyl (C=O) groups is 5. The molecule has 6 aromatic carbocycles.